The van der Waals surface area contributed by atoms with Crippen LogP contribution in [-0.2, 0) is 12.4 Å². The van der Waals surface area contributed by atoms with Crippen molar-refractivity contribution < 1.29 is 26.3 Å². The molecule has 11 rings (SSSR count). The van der Waals surface area contributed by atoms with E-state index in [0.29, 0.717) is 50.7 Å². The van der Waals surface area contributed by atoms with Gasteiger partial charge < -0.3 is 4.57 Å². The van der Waals surface area contributed by atoms with Gasteiger partial charge in [-0.05, 0) is 164 Å². The highest BCUT2D eigenvalue weighted by Gasteiger charge is 2.32. The average molecular weight is 998 g/mol. The summed E-state index contributed by atoms with van der Waals surface area (Å²) in [5.74, 6) is 0.312. The fourth-order valence-electron chi connectivity index (χ4n) is 11.1. The first-order valence-electron chi connectivity index (χ1n) is 24.7. The summed E-state index contributed by atoms with van der Waals surface area (Å²) >= 11 is 0. The molecule has 2 heterocycles. The molecule has 0 saturated heterocycles. The minimum Gasteiger partial charge on any atom is -0.308 e. The number of fused-ring (bicyclic) bond motifs is 3. The zero-order valence-electron chi connectivity index (χ0n) is 42.0. The van der Waals surface area contributed by atoms with Crippen LogP contribution in [0, 0.1) is 41.5 Å². The Morgan fingerprint density at radius 1 is 0.347 bits per heavy atom. The first-order chi connectivity index (χ1) is 35.9. The third-order valence-corrected chi connectivity index (χ3v) is 14.2. The molecule has 0 spiro atoms. The van der Waals surface area contributed by atoms with E-state index in [2.05, 4.69) is 107 Å². The zero-order valence-corrected chi connectivity index (χ0v) is 42.0. The number of hydrogen-bond donors (Lipinski definition) is 0. The van der Waals surface area contributed by atoms with E-state index in [0.717, 1.165) is 113 Å². The molecule has 0 atom stereocenters. The van der Waals surface area contributed by atoms with E-state index in [1.807, 2.05) is 78.9 Å². The Kier molecular flexibility index (Phi) is 12.2. The van der Waals surface area contributed by atoms with Gasteiger partial charge in [0.15, 0.2) is 5.82 Å². The largest absolute Gasteiger partial charge is 0.416 e. The third kappa shape index (κ3) is 9.17. The van der Waals surface area contributed by atoms with Gasteiger partial charge in [0.25, 0.3) is 0 Å². The van der Waals surface area contributed by atoms with Gasteiger partial charge in [0.1, 0.15) is 0 Å². The van der Waals surface area contributed by atoms with Gasteiger partial charge in [0.05, 0.1) is 39.2 Å². The second kappa shape index (κ2) is 18.7. The highest BCUT2D eigenvalue weighted by molar-refractivity contribution is 6.13. The molecular formula is C66H49F6N3. The monoisotopic (exact) mass is 997 g/mol. The fourth-order valence-corrected chi connectivity index (χ4v) is 11.1. The second-order valence-corrected chi connectivity index (χ2v) is 19.6. The van der Waals surface area contributed by atoms with Gasteiger partial charge in [-0.2, -0.15) is 26.3 Å². The Morgan fingerprint density at radius 2 is 0.707 bits per heavy atom. The van der Waals surface area contributed by atoms with Crippen LogP contribution < -0.4 is 0 Å². The average Bonchev–Trinajstić information content (AvgIpc) is 3.73. The molecule has 9 heteroatoms. The van der Waals surface area contributed by atoms with E-state index in [9.17, 15) is 26.3 Å². The molecule has 11 aromatic rings. The second-order valence-electron chi connectivity index (χ2n) is 19.6. The van der Waals surface area contributed by atoms with Gasteiger partial charge in [0.2, 0.25) is 0 Å². The third-order valence-electron chi connectivity index (χ3n) is 14.2. The van der Waals surface area contributed by atoms with Crippen LogP contribution in [0.1, 0.15) is 44.5 Å². The van der Waals surface area contributed by atoms with Crippen LogP contribution >= 0.6 is 0 Å². The van der Waals surface area contributed by atoms with Crippen molar-refractivity contribution in [3.63, 3.8) is 0 Å². The predicted molar refractivity (Wildman–Crippen MR) is 293 cm³/mol. The Balaban J connectivity index is 1.28. The number of benzene rings is 9. The Hall–Kier alpha value is -8.56. The van der Waals surface area contributed by atoms with Crippen molar-refractivity contribution in [2.45, 2.75) is 53.9 Å². The van der Waals surface area contributed by atoms with Crippen LogP contribution in [0.3, 0.4) is 0 Å². The van der Waals surface area contributed by atoms with Crippen LogP contribution in [0.4, 0.5) is 26.3 Å². The number of hydrogen-bond acceptors (Lipinski definition) is 2. The maximum absolute atomic E-state index is 14.4. The number of alkyl halides is 6. The lowest BCUT2D eigenvalue weighted by atomic mass is 9.91. The fraction of sp³-hybridized carbons (Fsp3) is 0.121. The summed E-state index contributed by atoms with van der Waals surface area (Å²) < 4.78 is 88.3. The van der Waals surface area contributed by atoms with Crippen LogP contribution in [0.25, 0.3) is 106 Å². The van der Waals surface area contributed by atoms with E-state index in [4.69, 9.17) is 9.97 Å². The predicted octanol–water partition coefficient (Wildman–Crippen LogP) is 19.1. The van der Waals surface area contributed by atoms with Crippen molar-refractivity contribution in [1.82, 2.24) is 14.5 Å². The highest BCUT2D eigenvalue weighted by Crippen LogP contribution is 2.47. The summed E-state index contributed by atoms with van der Waals surface area (Å²) in [4.78, 5) is 10.3. The van der Waals surface area contributed by atoms with Gasteiger partial charge in [-0.15, -0.1) is 0 Å². The Bertz CT molecular complexity index is 3700. The normalized spacial score (nSPS) is 12.0. The van der Waals surface area contributed by atoms with Crippen molar-refractivity contribution in [1.29, 1.82) is 0 Å². The van der Waals surface area contributed by atoms with E-state index in [-0.39, 0.29) is 0 Å². The topological polar surface area (TPSA) is 30.7 Å². The van der Waals surface area contributed by atoms with Gasteiger partial charge in [-0.3, -0.25) is 0 Å². The first-order valence-corrected chi connectivity index (χ1v) is 24.7. The number of halogens is 6. The molecule has 0 amide bonds. The van der Waals surface area contributed by atoms with Gasteiger partial charge >= 0.3 is 12.4 Å². The number of nitrogens with zero attached hydrogens (tertiary/aromatic N) is 3. The smallest absolute Gasteiger partial charge is 0.308 e. The lowest BCUT2D eigenvalue weighted by Crippen LogP contribution is -2.06. The molecule has 0 aliphatic rings. The minimum absolute atomic E-state index is 0.312. The lowest BCUT2D eigenvalue weighted by molar-refractivity contribution is -0.138. The molecule has 75 heavy (non-hydrogen) atoms. The van der Waals surface area contributed by atoms with E-state index in [1.54, 1.807) is 0 Å². The zero-order chi connectivity index (χ0) is 52.5. The van der Waals surface area contributed by atoms with Crippen molar-refractivity contribution in [3.05, 3.63) is 233 Å². The summed E-state index contributed by atoms with van der Waals surface area (Å²) in [6.07, 6.45) is -9.22. The summed E-state index contributed by atoms with van der Waals surface area (Å²) in [6.45, 7) is 12.6. The van der Waals surface area contributed by atoms with Crippen LogP contribution in [0.15, 0.2) is 188 Å². The number of rotatable bonds is 8. The maximum atomic E-state index is 14.4. The van der Waals surface area contributed by atoms with Gasteiger partial charge in [-0.25, -0.2) is 9.97 Å². The molecule has 9 aromatic carbocycles. The van der Waals surface area contributed by atoms with Crippen molar-refractivity contribution >= 4 is 21.8 Å². The van der Waals surface area contributed by atoms with Crippen LogP contribution in [0.2, 0.25) is 0 Å². The Morgan fingerprint density at radius 3 is 1.07 bits per heavy atom. The Labute approximate surface area is 431 Å². The summed E-state index contributed by atoms with van der Waals surface area (Å²) in [6, 6.07) is 56.5. The molecule has 3 nitrogen and oxygen atoms in total. The molecule has 0 N–H and O–H groups in total. The maximum Gasteiger partial charge on any atom is 0.416 e. The summed E-state index contributed by atoms with van der Waals surface area (Å²) in [7, 11) is 0. The lowest BCUT2D eigenvalue weighted by Gasteiger charge is -2.22. The summed E-state index contributed by atoms with van der Waals surface area (Å²) in [5.41, 5.74) is 16.8. The van der Waals surface area contributed by atoms with Gasteiger partial charge in [0, 0.05) is 38.6 Å². The number of aromatic nitrogens is 3. The molecule has 0 fully saturated rings. The van der Waals surface area contributed by atoms with Crippen molar-refractivity contribution in [2.24, 2.45) is 0 Å². The van der Waals surface area contributed by atoms with E-state index < -0.39 is 23.5 Å². The van der Waals surface area contributed by atoms with E-state index >= 15 is 0 Å². The molecule has 2 aromatic heterocycles. The highest BCUT2D eigenvalue weighted by atomic mass is 19.4. The number of aryl methyl sites for hydroxylation is 6. The SMILES string of the molecule is Cc1cc(C)c(-c2ccc3c(c2)c2cc(-c4c(C)cc(C)cc4C)ccc2n3-c2c(-c3ccc(C(F)(F)F)cc3)cc(-c3nc(-c4ccccc4)cc(-c4ccccc4)n3)cc2-c2ccc(C(F)(F)F)cc2)c(C)c1. The molecular weight excluding hydrogens is 949 g/mol. The molecule has 0 saturated carbocycles. The molecule has 370 valence electrons. The summed E-state index contributed by atoms with van der Waals surface area (Å²) in [5, 5.41) is 1.83. The molecule has 0 unspecified atom stereocenters. The molecule has 0 aliphatic carbocycles. The van der Waals surface area contributed by atoms with Gasteiger partial charge in [-0.1, -0.05) is 132 Å². The van der Waals surface area contributed by atoms with Crippen molar-refractivity contribution in [3.8, 4) is 84.1 Å². The quantitative estimate of drug-likeness (QED) is 0.142. The van der Waals surface area contributed by atoms with Crippen LogP contribution in [0.5, 0.6) is 0 Å². The molecule has 0 radical (unpaired) electrons. The molecule has 0 bridgehead atoms. The van der Waals surface area contributed by atoms with Crippen molar-refractivity contribution in [2.75, 3.05) is 0 Å². The van der Waals surface area contributed by atoms with E-state index in [1.165, 1.54) is 24.3 Å². The minimum atomic E-state index is -4.61. The van der Waals surface area contributed by atoms with Crippen LogP contribution in [-0.4, -0.2) is 14.5 Å². The first kappa shape index (κ1) is 48.7. The molecule has 0 aliphatic heterocycles. The standard InChI is InChI=1S/C66H49F6N3/c1-38-29-40(3)61(41(4)30-38)48-21-27-59-55(33-48)56-34-49(62-42(5)31-39(2)32-43(62)6)22-28-60(56)75(59)63-53(44-17-23-51(24-18-44)65(67,68)69)35-50(36-54(63)45-19-25-52(26-20-45)66(70,71)72)64-73-57(46-13-9-7-10-14-46)37-58(74-64)47-15-11-8-12-16-47/h7-37H,1-6H3.